The second-order valence-electron chi connectivity index (χ2n) is 4.95. The van der Waals surface area contributed by atoms with E-state index >= 15 is 0 Å². The molecule has 2 rings (SSSR count). The lowest BCUT2D eigenvalue weighted by Gasteiger charge is -2.11. The molecule has 0 amide bonds. The molecule has 1 saturated carbocycles. The molecule has 0 N–H and O–H groups in total. The van der Waals surface area contributed by atoms with Crippen LogP contribution in [0.2, 0.25) is 0 Å². The Labute approximate surface area is 109 Å². The zero-order chi connectivity index (χ0) is 12.8. The van der Waals surface area contributed by atoms with E-state index in [1.807, 2.05) is 0 Å². The maximum Gasteiger partial charge on any atom is 0.135 e. The molecular weight excluding hydrogens is 222 g/mol. The van der Waals surface area contributed by atoms with E-state index < -0.39 is 0 Å². The van der Waals surface area contributed by atoms with E-state index in [2.05, 4.69) is 42.9 Å². The average molecular weight is 243 g/mol. The van der Waals surface area contributed by atoms with E-state index in [1.165, 1.54) is 29.7 Å². The summed E-state index contributed by atoms with van der Waals surface area (Å²) in [7, 11) is 0. The molecule has 0 aliphatic heterocycles. The van der Waals surface area contributed by atoms with Gasteiger partial charge in [-0.25, -0.2) is 0 Å². The highest BCUT2D eigenvalue weighted by Gasteiger charge is 2.23. The minimum atomic E-state index is 0.501. The first kappa shape index (κ1) is 12.9. The maximum atomic E-state index is 5.22. The molecule has 0 bridgehead atoms. The van der Waals surface area contributed by atoms with Crippen molar-refractivity contribution < 1.29 is 4.84 Å². The van der Waals surface area contributed by atoms with Gasteiger partial charge in [-0.15, -0.1) is 0 Å². The minimum Gasteiger partial charge on any atom is -0.392 e. The van der Waals surface area contributed by atoms with Gasteiger partial charge < -0.3 is 4.84 Å². The van der Waals surface area contributed by atoms with Gasteiger partial charge in [-0.2, -0.15) is 0 Å². The third-order valence-corrected chi connectivity index (χ3v) is 3.43. The highest BCUT2D eigenvalue weighted by atomic mass is 16.6. The highest BCUT2D eigenvalue weighted by Crippen LogP contribution is 2.26. The number of nitrogens with zero attached hydrogens (tertiary/aromatic N) is 1. The molecule has 1 aromatic carbocycles. The lowest BCUT2D eigenvalue weighted by Crippen LogP contribution is -2.11. The Kier molecular flexibility index (Phi) is 4.57. The molecule has 1 aliphatic carbocycles. The summed E-state index contributed by atoms with van der Waals surface area (Å²) in [5.41, 5.74) is 3.93. The van der Waals surface area contributed by atoms with Crippen LogP contribution in [0.25, 0.3) is 0 Å². The van der Waals surface area contributed by atoms with E-state index in [0.29, 0.717) is 12.5 Å². The smallest absolute Gasteiger partial charge is 0.135 e. The molecule has 96 valence electrons. The Bertz CT molecular complexity index is 419. The summed E-state index contributed by atoms with van der Waals surface area (Å²) in [4.78, 5) is 5.22. The molecule has 0 radical (unpaired) electrons. The third kappa shape index (κ3) is 3.46. The van der Waals surface area contributed by atoms with Gasteiger partial charge in [0.2, 0.25) is 0 Å². The fourth-order valence-electron chi connectivity index (χ4n) is 2.42. The van der Waals surface area contributed by atoms with Gasteiger partial charge in [0.05, 0.1) is 5.71 Å². The summed E-state index contributed by atoms with van der Waals surface area (Å²) in [6.07, 6.45) is 6.34. The summed E-state index contributed by atoms with van der Waals surface area (Å²) in [5.74, 6) is 0.553. The molecular formula is C16H21NO. The van der Waals surface area contributed by atoms with E-state index in [9.17, 15) is 0 Å². The van der Waals surface area contributed by atoms with Crippen molar-refractivity contribution in [3.63, 3.8) is 0 Å². The summed E-state index contributed by atoms with van der Waals surface area (Å²) >= 11 is 0. The van der Waals surface area contributed by atoms with Crippen molar-refractivity contribution in [2.75, 3.05) is 6.61 Å². The van der Waals surface area contributed by atoms with Crippen molar-refractivity contribution in [3.8, 4) is 0 Å². The Morgan fingerprint density at radius 2 is 2.17 bits per heavy atom. The SMILES string of the molecule is C=CCO/N=C1\CCCC1Cc1ccc(C)cc1. The van der Waals surface area contributed by atoms with Crippen molar-refractivity contribution in [3.05, 3.63) is 48.0 Å². The predicted molar refractivity (Wildman–Crippen MR) is 75.8 cm³/mol. The van der Waals surface area contributed by atoms with Crippen LogP contribution >= 0.6 is 0 Å². The first-order chi connectivity index (χ1) is 8.79. The van der Waals surface area contributed by atoms with Crippen LogP contribution < -0.4 is 0 Å². The van der Waals surface area contributed by atoms with Gasteiger partial charge in [-0.3, -0.25) is 0 Å². The van der Waals surface area contributed by atoms with Crippen molar-refractivity contribution >= 4 is 5.71 Å². The monoisotopic (exact) mass is 243 g/mol. The summed E-state index contributed by atoms with van der Waals surface area (Å²) in [5, 5.41) is 4.25. The molecule has 1 aromatic rings. The summed E-state index contributed by atoms with van der Waals surface area (Å²) in [6, 6.07) is 8.79. The number of hydrogen-bond acceptors (Lipinski definition) is 2. The van der Waals surface area contributed by atoms with Crippen LogP contribution in [0.4, 0.5) is 0 Å². The van der Waals surface area contributed by atoms with Crippen molar-refractivity contribution in [1.29, 1.82) is 0 Å². The topological polar surface area (TPSA) is 21.6 Å². The van der Waals surface area contributed by atoms with Crippen LogP contribution in [0.1, 0.15) is 30.4 Å². The Hall–Kier alpha value is -1.57. The second-order valence-corrected chi connectivity index (χ2v) is 4.95. The van der Waals surface area contributed by atoms with Crippen LogP contribution in [0.5, 0.6) is 0 Å². The Morgan fingerprint density at radius 3 is 2.89 bits per heavy atom. The van der Waals surface area contributed by atoms with Crippen molar-refractivity contribution in [2.24, 2.45) is 11.1 Å². The van der Waals surface area contributed by atoms with Crippen molar-refractivity contribution in [1.82, 2.24) is 0 Å². The molecule has 0 heterocycles. The second kappa shape index (κ2) is 6.39. The highest BCUT2D eigenvalue weighted by molar-refractivity contribution is 5.88. The molecule has 2 heteroatoms. The quantitative estimate of drug-likeness (QED) is 0.436. The Morgan fingerprint density at radius 1 is 1.39 bits per heavy atom. The molecule has 1 aliphatic rings. The lowest BCUT2D eigenvalue weighted by atomic mass is 9.96. The first-order valence-corrected chi connectivity index (χ1v) is 6.64. The van der Waals surface area contributed by atoms with Gasteiger partial charge >= 0.3 is 0 Å². The molecule has 1 unspecified atom stereocenters. The van der Waals surface area contributed by atoms with Gasteiger partial charge in [0.25, 0.3) is 0 Å². The van der Waals surface area contributed by atoms with Crippen molar-refractivity contribution in [2.45, 2.75) is 32.6 Å². The van der Waals surface area contributed by atoms with Crippen LogP contribution in [0.15, 0.2) is 42.1 Å². The van der Waals surface area contributed by atoms with E-state index in [-0.39, 0.29) is 0 Å². The molecule has 1 fully saturated rings. The fourth-order valence-corrected chi connectivity index (χ4v) is 2.42. The largest absolute Gasteiger partial charge is 0.392 e. The van der Waals surface area contributed by atoms with Gasteiger partial charge in [-0.1, -0.05) is 47.6 Å². The fraction of sp³-hybridized carbons (Fsp3) is 0.438. The van der Waals surface area contributed by atoms with Crippen LogP contribution in [0.3, 0.4) is 0 Å². The third-order valence-electron chi connectivity index (χ3n) is 3.43. The van der Waals surface area contributed by atoms with Gasteiger partial charge in [0.1, 0.15) is 6.61 Å². The summed E-state index contributed by atoms with van der Waals surface area (Å²) < 4.78 is 0. The number of hydrogen-bond donors (Lipinski definition) is 0. The van der Waals surface area contributed by atoms with Gasteiger partial charge in [0.15, 0.2) is 0 Å². The minimum absolute atomic E-state index is 0.501. The standard InChI is InChI=1S/C16H21NO/c1-3-11-18-17-16-6-4-5-15(16)12-14-9-7-13(2)8-10-14/h3,7-10,15H,1,4-6,11-12H2,2H3/b17-16+. The number of aryl methyl sites for hydroxylation is 1. The number of oxime groups is 1. The normalized spacial score (nSPS) is 21.2. The van der Waals surface area contributed by atoms with E-state index in [4.69, 9.17) is 4.84 Å². The number of benzene rings is 1. The number of rotatable bonds is 5. The van der Waals surface area contributed by atoms with Crippen LogP contribution in [-0.4, -0.2) is 12.3 Å². The first-order valence-electron chi connectivity index (χ1n) is 6.64. The van der Waals surface area contributed by atoms with Crippen LogP contribution in [-0.2, 0) is 11.3 Å². The predicted octanol–water partition coefficient (Wildman–Crippen LogP) is 3.90. The Balaban J connectivity index is 1.97. The summed E-state index contributed by atoms with van der Waals surface area (Å²) in [6.45, 7) is 6.25. The molecule has 0 saturated heterocycles. The average Bonchev–Trinajstić information content (AvgIpc) is 2.80. The zero-order valence-corrected chi connectivity index (χ0v) is 11.1. The van der Waals surface area contributed by atoms with E-state index in [0.717, 1.165) is 12.8 Å². The van der Waals surface area contributed by atoms with Gasteiger partial charge in [-0.05, 0) is 38.2 Å². The van der Waals surface area contributed by atoms with E-state index in [1.54, 1.807) is 6.08 Å². The molecule has 0 spiro atoms. The zero-order valence-electron chi connectivity index (χ0n) is 11.1. The lowest BCUT2D eigenvalue weighted by molar-refractivity contribution is 0.172. The molecule has 1 atom stereocenters. The molecule has 0 aromatic heterocycles. The molecule has 2 nitrogen and oxygen atoms in total. The van der Waals surface area contributed by atoms with Gasteiger partial charge in [0, 0.05) is 5.92 Å². The van der Waals surface area contributed by atoms with Crippen LogP contribution in [0, 0.1) is 12.8 Å². The molecule has 18 heavy (non-hydrogen) atoms. The maximum absolute atomic E-state index is 5.22.